The van der Waals surface area contributed by atoms with Crippen LogP contribution >= 0.6 is 0 Å². The van der Waals surface area contributed by atoms with Crippen LogP contribution in [0.4, 0.5) is 4.79 Å². The lowest BCUT2D eigenvalue weighted by Crippen LogP contribution is -2.33. The molecule has 1 heterocycles. The number of nitrogens with zero attached hydrogens (tertiary/aromatic N) is 2. The van der Waals surface area contributed by atoms with E-state index < -0.39 is 17.9 Å². The van der Waals surface area contributed by atoms with Gasteiger partial charge in [0, 0.05) is 13.5 Å². The van der Waals surface area contributed by atoms with Gasteiger partial charge in [-0.25, -0.2) is 9.59 Å². The molecule has 0 spiro atoms. The largest absolute Gasteiger partial charge is 0.465 e. The van der Waals surface area contributed by atoms with Crippen molar-refractivity contribution < 1.29 is 14.3 Å². The van der Waals surface area contributed by atoms with Crippen LogP contribution in [0.3, 0.4) is 0 Å². The molecule has 0 radical (unpaired) electrons. The summed E-state index contributed by atoms with van der Waals surface area (Å²) in [5, 5.41) is 19.9. The molecule has 1 atom stereocenters. The summed E-state index contributed by atoms with van der Waals surface area (Å²) < 4.78 is 6.57. The Morgan fingerprint density at radius 2 is 1.96 bits per heavy atom. The van der Waals surface area contributed by atoms with Gasteiger partial charge in [-0.3, -0.25) is 4.57 Å². The molecule has 0 fully saturated rings. The highest BCUT2D eigenvalue weighted by Crippen LogP contribution is 2.24. The number of nitrogens with one attached hydrogen (secondary N) is 1. The standard InChI is InChI=1S/C18H15N3O4/c1-21-15-9-13(6-7-16(15)25-18(21)24)12-4-2-11(3-5-12)8-14(10-19)20-17(22)23/h2-7,9,14,20H,8H2,1H3,(H,22,23). The summed E-state index contributed by atoms with van der Waals surface area (Å²) in [6, 6.07) is 14.1. The van der Waals surface area contributed by atoms with Gasteiger partial charge in [-0.2, -0.15) is 5.26 Å². The summed E-state index contributed by atoms with van der Waals surface area (Å²) in [7, 11) is 1.65. The minimum atomic E-state index is -1.22. The Labute approximate surface area is 142 Å². The molecular weight excluding hydrogens is 322 g/mol. The number of carboxylic acid groups (broad SMARTS) is 1. The third-order valence-electron chi connectivity index (χ3n) is 3.97. The number of oxazole rings is 1. The van der Waals surface area contributed by atoms with Crippen molar-refractivity contribution in [2.24, 2.45) is 7.05 Å². The molecule has 0 saturated carbocycles. The second kappa shape index (κ2) is 6.53. The number of aromatic nitrogens is 1. The number of aryl methyl sites for hydroxylation is 1. The fourth-order valence-electron chi connectivity index (χ4n) is 2.65. The first kappa shape index (κ1) is 16.3. The molecule has 0 aliphatic heterocycles. The van der Waals surface area contributed by atoms with E-state index in [-0.39, 0.29) is 0 Å². The number of nitriles is 1. The normalized spacial score (nSPS) is 11.8. The van der Waals surface area contributed by atoms with Crippen LogP contribution in [0.2, 0.25) is 0 Å². The van der Waals surface area contributed by atoms with Gasteiger partial charge in [-0.05, 0) is 28.8 Å². The van der Waals surface area contributed by atoms with Crippen molar-refractivity contribution in [1.29, 1.82) is 5.26 Å². The number of benzene rings is 2. The van der Waals surface area contributed by atoms with Crippen LogP contribution in [-0.4, -0.2) is 21.8 Å². The topological polar surface area (TPSA) is 108 Å². The molecular formula is C18H15N3O4. The first-order valence-electron chi connectivity index (χ1n) is 7.56. The first-order chi connectivity index (χ1) is 12.0. The maximum Gasteiger partial charge on any atom is 0.419 e. The van der Waals surface area contributed by atoms with Gasteiger partial charge in [0.2, 0.25) is 0 Å². The Balaban J connectivity index is 1.85. The summed E-state index contributed by atoms with van der Waals surface area (Å²) in [6.07, 6.45) is -0.930. The van der Waals surface area contributed by atoms with Crippen molar-refractivity contribution in [2.75, 3.05) is 0 Å². The second-order valence-corrected chi connectivity index (χ2v) is 5.64. The molecule has 3 rings (SSSR count). The van der Waals surface area contributed by atoms with Crippen LogP contribution in [-0.2, 0) is 13.5 Å². The number of rotatable bonds is 4. The van der Waals surface area contributed by atoms with Crippen LogP contribution in [0.5, 0.6) is 0 Å². The van der Waals surface area contributed by atoms with Gasteiger partial charge in [0.15, 0.2) is 5.58 Å². The minimum absolute atomic E-state index is 0.290. The van der Waals surface area contributed by atoms with Crippen LogP contribution in [0, 0.1) is 11.3 Å². The molecule has 0 aliphatic rings. The average molecular weight is 337 g/mol. The molecule has 2 aromatic carbocycles. The molecule has 1 aromatic heterocycles. The Morgan fingerprint density at radius 1 is 1.28 bits per heavy atom. The minimum Gasteiger partial charge on any atom is -0.465 e. The predicted octanol–water partition coefficient (Wildman–Crippen LogP) is 2.50. The van der Waals surface area contributed by atoms with Crippen LogP contribution in [0.1, 0.15) is 5.56 Å². The van der Waals surface area contributed by atoms with Crippen LogP contribution < -0.4 is 11.1 Å². The van der Waals surface area contributed by atoms with Gasteiger partial charge in [-0.15, -0.1) is 0 Å². The van der Waals surface area contributed by atoms with Crippen LogP contribution in [0.15, 0.2) is 51.7 Å². The highest BCUT2D eigenvalue weighted by molar-refractivity contribution is 5.80. The maximum atomic E-state index is 11.6. The monoisotopic (exact) mass is 337 g/mol. The molecule has 0 aliphatic carbocycles. The Hall–Kier alpha value is -3.53. The van der Waals surface area contributed by atoms with Crippen LogP contribution in [0.25, 0.3) is 22.2 Å². The molecule has 1 unspecified atom stereocenters. The Kier molecular flexibility index (Phi) is 4.27. The van der Waals surface area contributed by atoms with Crippen molar-refractivity contribution in [3.8, 4) is 17.2 Å². The average Bonchev–Trinajstić information content (AvgIpc) is 2.88. The number of hydrogen-bond acceptors (Lipinski definition) is 4. The van der Waals surface area contributed by atoms with Gasteiger partial charge in [0.05, 0.1) is 11.6 Å². The van der Waals surface area contributed by atoms with Crippen molar-refractivity contribution >= 4 is 17.2 Å². The number of amides is 1. The quantitative estimate of drug-likeness (QED) is 0.760. The summed E-state index contributed by atoms with van der Waals surface area (Å²) in [6.45, 7) is 0. The SMILES string of the molecule is Cn1c(=O)oc2ccc(-c3ccc(CC(C#N)NC(=O)O)cc3)cc21. The highest BCUT2D eigenvalue weighted by atomic mass is 16.4. The summed E-state index contributed by atoms with van der Waals surface area (Å²) >= 11 is 0. The van der Waals surface area contributed by atoms with Gasteiger partial charge in [0.25, 0.3) is 0 Å². The van der Waals surface area contributed by atoms with Crippen molar-refractivity contribution in [3.63, 3.8) is 0 Å². The van der Waals surface area contributed by atoms with E-state index in [0.717, 1.165) is 16.7 Å². The molecule has 3 aromatic rings. The van der Waals surface area contributed by atoms with Crippen molar-refractivity contribution in [2.45, 2.75) is 12.5 Å². The Bertz CT molecular complexity index is 1030. The van der Waals surface area contributed by atoms with Crippen molar-refractivity contribution in [1.82, 2.24) is 9.88 Å². The third kappa shape index (κ3) is 3.38. The molecule has 2 N–H and O–H groups in total. The summed E-state index contributed by atoms with van der Waals surface area (Å²) in [5.41, 5.74) is 3.96. The zero-order valence-corrected chi connectivity index (χ0v) is 13.4. The van der Waals surface area contributed by atoms with E-state index in [1.54, 1.807) is 13.1 Å². The molecule has 7 nitrogen and oxygen atoms in total. The van der Waals surface area contributed by atoms with E-state index in [2.05, 4.69) is 5.32 Å². The highest BCUT2D eigenvalue weighted by Gasteiger charge is 2.12. The molecule has 0 saturated heterocycles. The molecule has 25 heavy (non-hydrogen) atoms. The molecule has 7 heteroatoms. The second-order valence-electron chi connectivity index (χ2n) is 5.64. The zero-order valence-electron chi connectivity index (χ0n) is 13.4. The lowest BCUT2D eigenvalue weighted by atomic mass is 10.0. The van der Waals surface area contributed by atoms with Gasteiger partial charge in [-0.1, -0.05) is 30.3 Å². The van der Waals surface area contributed by atoms with E-state index in [0.29, 0.717) is 17.5 Å². The summed E-state index contributed by atoms with van der Waals surface area (Å²) in [4.78, 5) is 22.2. The van der Waals surface area contributed by atoms with E-state index >= 15 is 0 Å². The van der Waals surface area contributed by atoms with Gasteiger partial charge < -0.3 is 14.8 Å². The lowest BCUT2D eigenvalue weighted by Gasteiger charge is -2.09. The molecule has 126 valence electrons. The Morgan fingerprint density at radius 3 is 2.60 bits per heavy atom. The zero-order chi connectivity index (χ0) is 18.0. The van der Waals surface area contributed by atoms with E-state index in [9.17, 15) is 9.59 Å². The predicted molar refractivity (Wildman–Crippen MR) is 91.2 cm³/mol. The number of fused-ring (bicyclic) bond motifs is 1. The van der Waals surface area contributed by atoms with E-state index in [1.807, 2.05) is 42.5 Å². The summed E-state index contributed by atoms with van der Waals surface area (Å²) in [5.74, 6) is -0.407. The van der Waals surface area contributed by atoms with Crippen molar-refractivity contribution in [3.05, 3.63) is 58.6 Å². The number of hydrogen-bond donors (Lipinski definition) is 2. The maximum absolute atomic E-state index is 11.6. The fourth-order valence-corrected chi connectivity index (χ4v) is 2.65. The van der Waals surface area contributed by atoms with E-state index in [1.165, 1.54) is 4.57 Å². The number of carbonyl (C=O) groups is 1. The smallest absolute Gasteiger partial charge is 0.419 e. The third-order valence-corrected chi connectivity index (χ3v) is 3.97. The van der Waals surface area contributed by atoms with Gasteiger partial charge in [0.1, 0.15) is 6.04 Å². The van der Waals surface area contributed by atoms with E-state index in [4.69, 9.17) is 14.8 Å². The first-order valence-corrected chi connectivity index (χ1v) is 7.56. The lowest BCUT2D eigenvalue weighted by molar-refractivity contribution is 0.192. The van der Waals surface area contributed by atoms with Gasteiger partial charge >= 0.3 is 11.8 Å². The fraction of sp³-hybridized carbons (Fsp3) is 0.167. The molecule has 0 bridgehead atoms. The molecule has 1 amide bonds.